The van der Waals surface area contributed by atoms with Gasteiger partial charge in [0.1, 0.15) is 0 Å². The van der Waals surface area contributed by atoms with E-state index < -0.39 is 0 Å². The van der Waals surface area contributed by atoms with Crippen molar-refractivity contribution in [3.05, 3.63) is 138 Å². The van der Waals surface area contributed by atoms with Crippen LogP contribution in [-0.4, -0.2) is 0 Å². The Morgan fingerprint density at radius 3 is 1.61 bits per heavy atom. The first kappa shape index (κ1) is 25.6. The number of hydrogen-bond donors (Lipinski definition) is 0. The molecule has 5 rings (SSSR count). The number of hydrogen-bond acceptors (Lipinski definition) is 2. The standard InChI is InChI=1S/C36H38N2/c1-27-14-18-31(19-15-27)37(32-20-16-29(17-21-32)36(3,4)5)33-22-24-34(25-23-33)38(30-11-7-6-8-12-30)35-13-9-10-28(2)26-35/h6-9,11-26,28H,10H2,1-5H3. The molecule has 192 valence electrons. The lowest BCUT2D eigenvalue weighted by Crippen LogP contribution is -2.18. The summed E-state index contributed by atoms with van der Waals surface area (Å²) >= 11 is 0. The van der Waals surface area contributed by atoms with Crippen molar-refractivity contribution >= 4 is 28.4 Å². The van der Waals surface area contributed by atoms with Crippen LogP contribution in [0.15, 0.2) is 127 Å². The zero-order valence-corrected chi connectivity index (χ0v) is 23.2. The third-order valence-corrected chi connectivity index (χ3v) is 7.17. The van der Waals surface area contributed by atoms with Crippen LogP contribution < -0.4 is 9.80 Å². The number of aryl methyl sites for hydroxylation is 1. The van der Waals surface area contributed by atoms with E-state index in [1.165, 1.54) is 22.5 Å². The molecule has 2 nitrogen and oxygen atoms in total. The van der Waals surface area contributed by atoms with Gasteiger partial charge in [0.2, 0.25) is 0 Å². The normalized spacial score (nSPS) is 15.2. The Hall–Kier alpha value is -4.04. The van der Waals surface area contributed by atoms with Crippen LogP contribution in [0.25, 0.3) is 0 Å². The highest BCUT2D eigenvalue weighted by molar-refractivity contribution is 5.79. The molecule has 4 aromatic carbocycles. The van der Waals surface area contributed by atoms with Gasteiger partial charge in [-0.25, -0.2) is 0 Å². The van der Waals surface area contributed by atoms with Gasteiger partial charge in [0.05, 0.1) is 0 Å². The number of rotatable bonds is 6. The quantitative estimate of drug-likeness (QED) is 0.261. The molecule has 0 amide bonds. The zero-order chi connectivity index (χ0) is 26.7. The van der Waals surface area contributed by atoms with Crippen molar-refractivity contribution < 1.29 is 0 Å². The minimum Gasteiger partial charge on any atom is -0.311 e. The molecule has 0 radical (unpaired) electrons. The molecule has 0 aliphatic heterocycles. The van der Waals surface area contributed by atoms with E-state index >= 15 is 0 Å². The summed E-state index contributed by atoms with van der Waals surface area (Å²) in [6.07, 6.45) is 7.99. The van der Waals surface area contributed by atoms with E-state index in [1.54, 1.807) is 0 Å². The fourth-order valence-electron chi connectivity index (χ4n) is 4.99. The predicted molar refractivity (Wildman–Crippen MR) is 164 cm³/mol. The van der Waals surface area contributed by atoms with Gasteiger partial charge >= 0.3 is 0 Å². The van der Waals surface area contributed by atoms with Crippen molar-refractivity contribution in [3.63, 3.8) is 0 Å². The fraction of sp³-hybridized carbons (Fsp3) is 0.222. The number of allylic oxidation sites excluding steroid dienone is 3. The Balaban J connectivity index is 1.56. The van der Waals surface area contributed by atoms with Gasteiger partial charge in [-0.1, -0.05) is 87.9 Å². The maximum Gasteiger partial charge on any atom is 0.0463 e. The summed E-state index contributed by atoms with van der Waals surface area (Å²) < 4.78 is 0. The van der Waals surface area contributed by atoms with Crippen LogP contribution in [0.1, 0.15) is 45.2 Å². The highest BCUT2D eigenvalue weighted by Gasteiger charge is 2.19. The summed E-state index contributed by atoms with van der Waals surface area (Å²) in [5, 5.41) is 0. The molecule has 0 saturated heterocycles. The second-order valence-electron chi connectivity index (χ2n) is 11.4. The van der Waals surface area contributed by atoms with E-state index in [0.717, 1.165) is 29.2 Å². The van der Waals surface area contributed by atoms with Gasteiger partial charge in [-0.15, -0.1) is 0 Å². The lowest BCUT2D eigenvalue weighted by Gasteiger charge is -2.30. The summed E-state index contributed by atoms with van der Waals surface area (Å²) in [6.45, 7) is 11.2. The summed E-state index contributed by atoms with van der Waals surface area (Å²) in [4.78, 5) is 4.69. The lowest BCUT2D eigenvalue weighted by molar-refractivity contribution is 0.590. The first-order chi connectivity index (χ1) is 18.3. The summed E-state index contributed by atoms with van der Waals surface area (Å²) in [6, 6.07) is 37.3. The molecule has 0 aromatic heterocycles. The molecule has 1 aliphatic rings. The summed E-state index contributed by atoms with van der Waals surface area (Å²) in [5.74, 6) is 0.522. The Labute approximate surface area is 228 Å². The molecule has 0 N–H and O–H groups in total. The zero-order valence-electron chi connectivity index (χ0n) is 23.2. The molecule has 0 bridgehead atoms. The first-order valence-electron chi connectivity index (χ1n) is 13.6. The molecular formula is C36H38N2. The van der Waals surface area contributed by atoms with Crippen molar-refractivity contribution in [3.8, 4) is 0 Å². The molecule has 2 heteroatoms. The molecule has 0 fully saturated rings. The van der Waals surface area contributed by atoms with Crippen molar-refractivity contribution in [1.82, 2.24) is 0 Å². The lowest BCUT2D eigenvalue weighted by atomic mass is 9.87. The van der Waals surface area contributed by atoms with Crippen LogP contribution in [0.5, 0.6) is 0 Å². The van der Waals surface area contributed by atoms with Crippen LogP contribution in [0.4, 0.5) is 28.4 Å². The number of nitrogens with zero attached hydrogens (tertiary/aromatic N) is 2. The molecule has 38 heavy (non-hydrogen) atoms. The molecule has 1 unspecified atom stereocenters. The monoisotopic (exact) mass is 498 g/mol. The second kappa shape index (κ2) is 10.8. The van der Waals surface area contributed by atoms with Crippen molar-refractivity contribution in [2.75, 3.05) is 9.80 Å². The molecule has 1 atom stereocenters. The Morgan fingerprint density at radius 2 is 1.08 bits per heavy atom. The first-order valence-corrected chi connectivity index (χ1v) is 13.6. The van der Waals surface area contributed by atoms with Gasteiger partial charge in [0.25, 0.3) is 0 Å². The predicted octanol–water partition coefficient (Wildman–Crippen LogP) is 10.4. The summed E-state index contributed by atoms with van der Waals surface area (Å²) in [7, 11) is 0. The smallest absolute Gasteiger partial charge is 0.0463 e. The SMILES string of the molecule is Cc1ccc(N(c2ccc(N(C3=CC(C)CC=C3)c3ccccc3)cc2)c2ccc(C(C)(C)C)cc2)cc1. The largest absolute Gasteiger partial charge is 0.311 e. The Bertz CT molecular complexity index is 1400. The molecule has 4 aromatic rings. The number of anilines is 5. The Kier molecular flexibility index (Phi) is 7.24. The highest BCUT2D eigenvalue weighted by atomic mass is 15.2. The van der Waals surface area contributed by atoms with Crippen LogP contribution in [0, 0.1) is 12.8 Å². The minimum absolute atomic E-state index is 0.121. The Morgan fingerprint density at radius 1 is 0.605 bits per heavy atom. The number of para-hydroxylation sites is 1. The third kappa shape index (κ3) is 5.60. The van der Waals surface area contributed by atoms with Crippen molar-refractivity contribution in [2.45, 2.75) is 46.5 Å². The van der Waals surface area contributed by atoms with Crippen LogP contribution in [-0.2, 0) is 5.41 Å². The van der Waals surface area contributed by atoms with E-state index in [2.05, 4.69) is 166 Å². The maximum absolute atomic E-state index is 2.37. The molecule has 0 heterocycles. The van der Waals surface area contributed by atoms with E-state index in [1.807, 2.05) is 0 Å². The van der Waals surface area contributed by atoms with Gasteiger partial charge < -0.3 is 9.80 Å². The molecule has 1 aliphatic carbocycles. The van der Waals surface area contributed by atoms with Crippen LogP contribution in [0.2, 0.25) is 0 Å². The number of benzene rings is 4. The molecule has 0 saturated carbocycles. The van der Waals surface area contributed by atoms with Gasteiger partial charge in [0.15, 0.2) is 0 Å². The van der Waals surface area contributed by atoms with E-state index in [0.29, 0.717) is 5.92 Å². The van der Waals surface area contributed by atoms with Crippen LogP contribution in [0.3, 0.4) is 0 Å². The maximum atomic E-state index is 2.37. The van der Waals surface area contributed by atoms with Gasteiger partial charge in [-0.05, 0) is 97.0 Å². The van der Waals surface area contributed by atoms with Gasteiger partial charge in [0, 0.05) is 34.1 Å². The second-order valence-corrected chi connectivity index (χ2v) is 11.4. The summed E-state index contributed by atoms with van der Waals surface area (Å²) in [5.41, 5.74) is 9.69. The fourth-order valence-corrected chi connectivity index (χ4v) is 4.99. The van der Waals surface area contributed by atoms with Crippen molar-refractivity contribution in [2.24, 2.45) is 5.92 Å². The van der Waals surface area contributed by atoms with E-state index in [4.69, 9.17) is 0 Å². The molecule has 0 spiro atoms. The van der Waals surface area contributed by atoms with E-state index in [-0.39, 0.29) is 5.41 Å². The third-order valence-electron chi connectivity index (χ3n) is 7.17. The average Bonchev–Trinajstić information content (AvgIpc) is 2.91. The topological polar surface area (TPSA) is 6.48 Å². The van der Waals surface area contributed by atoms with Gasteiger partial charge in [-0.2, -0.15) is 0 Å². The molecular weight excluding hydrogens is 460 g/mol. The van der Waals surface area contributed by atoms with Gasteiger partial charge in [-0.3, -0.25) is 0 Å². The average molecular weight is 499 g/mol. The minimum atomic E-state index is 0.121. The van der Waals surface area contributed by atoms with E-state index in [9.17, 15) is 0 Å². The van der Waals surface area contributed by atoms with Crippen molar-refractivity contribution in [1.29, 1.82) is 0 Å². The highest BCUT2D eigenvalue weighted by Crippen LogP contribution is 2.39. The van der Waals surface area contributed by atoms with Crippen LogP contribution >= 0.6 is 0 Å².